The fraction of sp³-hybridized carbons (Fsp3) is 0.0400. The summed E-state index contributed by atoms with van der Waals surface area (Å²) in [5.41, 5.74) is 4.66. The second kappa shape index (κ2) is 7.35. The first-order valence-electron chi connectivity index (χ1n) is 9.64. The minimum absolute atomic E-state index is 0.226. The van der Waals surface area contributed by atoms with Crippen LogP contribution in [-0.2, 0) is 0 Å². The van der Waals surface area contributed by atoms with Gasteiger partial charge in [-0.2, -0.15) is 5.26 Å². The molecule has 5 aromatic rings. The average Bonchev–Trinajstić information content (AvgIpc) is 2.79. The Hall–Kier alpha value is -4.01. The number of aromatic nitrogens is 3. The molecule has 0 fully saturated rings. The van der Waals surface area contributed by atoms with Gasteiger partial charge in [-0.25, -0.2) is 4.98 Å². The Balaban J connectivity index is 1.96. The summed E-state index contributed by atoms with van der Waals surface area (Å²) in [6.45, 7) is 1.71. The van der Waals surface area contributed by atoms with Crippen molar-refractivity contribution in [3.63, 3.8) is 0 Å². The second-order valence-corrected chi connectivity index (χ2v) is 7.67. The highest BCUT2D eigenvalue weighted by molar-refractivity contribution is 6.35. The summed E-state index contributed by atoms with van der Waals surface area (Å²) in [5, 5.41) is 12.1. The van der Waals surface area contributed by atoms with E-state index >= 15 is 0 Å². The summed E-state index contributed by atoms with van der Waals surface area (Å²) >= 11 is 6.56. The molecule has 3 aromatic heterocycles. The maximum Gasteiger partial charge on any atom is 0.252 e. The number of nitrogens with zero attached hydrogens (tertiary/aromatic N) is 3. The molecule has 31 heavy (non-hydrogen) atoms. The fourth-order valence-electron chi connectivity index (χ4n) is 3.82. The van der Waals surface area contributed by atoms with Crippen LogP contribution in [0.2, 0.25) is 5.02 Å². The molecule has 0 saturated carbocycles. The van der Waals surface area contributed by atoms with Crippen LogP contribution in [0.3, 0.4) is 0 Å². The van der Waals surface area contributed by atoms with E-state index in [0.717, 1.165) is 16.5 Å². The van der Waals surface area contributed by atoms with Crippen molar-refractivity contribution >= 4 is 33.5 Å². The van der Waals surface area contributed by atoms with E-state index in [-0.39, 0.29) is 5.56 Å². The highest BCUT2D eigenvalue weighted by Gasteiger charge is 2.20. The first kappa shape index (κ1) is 19.0. The largest absolute Gasteiger partial charge is 0.306 e. The molecule has 0 unspecified atom stereocenters. The molecular weight excluding hydrogens is 408 g/mol. The van der Waals surface area contributed by atoms with E-state index in [1.54, 1.807) is 19.2 Å². The number of nitriles is 1. The predicted octanol–water partition coefficient (Wildman–Crippen LogP) is 5.64. The first-order valence-corrected chi connectivity index (χ1v) is 10.0. The van der Waals surface area contributed by atoms with E-state index in [0.29, 0.717) is 44.0 Å². The molecule has 3 heterocycles. The first-order chi connectivity index (χ1) is 15.1. The topological polar surface area (TPSA) is 82.4 Å². The zero-order valence-electron chi connectivity index (χ0n) is 16.5. The summed E-state index contributed by atoms with van der Waals surface area (Å²) in [6.07, 6.45) is 1.70. The van der Waals surface area contributed by atoms with E-state index in [2.05, 4.69) is 16.0 Å². The third-order valence-electron chi connectivity index (χ3n) is 5.29. The molecule has 0 aliphatic carbocycles. The lowest BCUT2D eigenvalue weighted by Gasteiger charge is -2.15. The normalized spacial score (nSPS) is 11.0. The van der Waals surface area contributed by atoms with Crippen LogP contribution < -0.4 is 5.56 Å². The lowest BCUT2D eigenvalue weighted by Crippen LogP contribution is -2.11. The highest BCUT2D eigenvalue weighted by atomic mass is 35.5. The van der Waals surface area contributed by atoms with Crippen molar-refractivity contribution < 1.29 is 0 Å². The van der Waals surface area contributed by atoms with Crippen molar-refractivity contribution in [3.8, 4) is 28.5 Å². The lowest BCUT2D eigenvalue weighted by molar-refractivity contribution is 1.19. The van der Waals surface area contributed by atoms with Gasteiger partial charge in [0.1, 0.15) is 11.7 Å². The molecule has 0 saturated heterocycles. The molecule has 0 atom stereocenters. The van der Waals surface area contributed by atoms with Crippen molar-refractivity contribution in [3.05, 3.63) is 93.4 Å². The molecule has 2 aromatic carbocycles. The molecule has 6 heteroatoms. The average molecular weight is 423 g/mol. The van der Waals surface area contributed by atoms with E-state index in [1.165, 1.54) is 0 Å². The zero-order chi connectivity index (χ0) is 21.5. The number of aryl methyl sites for hydroxylation is 1. The number of benzene rings is 2. The maximum absolute atomic E-state index is 12.2. The van der Waals surface area contributed by atoms with Crippen LogP contribution in [0.15, 0.2) is 71.7 Å². The lowest BCUT2D eigenvalue weighted by atomic mass is 9.92. The molecular formula is C25H15ClN4O. The summed E-state index contributed by atoms with van der Waals surface area (Å²) in [5.74, 6) is 0. The number of hydrogen-bond acceptors (Lipinski definition) is 4. The van der Waals surface area contributed by atoms with Gasteiger partial charge >= 0.3 is 0 Å². The highest BCUT2D eigenvalue weighted by Crippen LogP contribution is 2.39. The smallest absolute Gasteiger partial charge is 0.252 e. The van der Waals surface area contributed by atoms with Crippen molar-refractivity contribution in [2.75, 3.05) is 0 Å². The van der Waals surface area contributed by atoms with Crippen LogP contribution in [0.1, 0.15) is 11.1 Å². The van der Waals surface area contributed by atoms with Gasteiger partial charge in [0.2, 0.25) is 0 Å². The third kappa shape index (κ3) is 3.14. The SMILES string of the molecule is Cc1cc2c(C#N)c(-c3cc(Cl)c4ncccc4c3)c(-c3ccccc3)nc2[nH]c1=O. The molecule has 1 N–H and O–H groups in total. The molecule has 0 bridgehead atoms. The Morgan fingerprint density at radius 1 is 1.03 bits per heavy atom. The van der Waals surface area contributed by atoms with Crippen molar-refractivity contribution in [1.29, 1.82) is 5.26 Å². The Morgan fingerprint density at radius 3 is 2.61 bits per heavy atom. The van der Waals surface area contributed by atoms with Crippen LogP contribution in [0, 0.1) is 18.3 Å². The van der Waals surface area contributed by atoms with Gasteiger partial charge in [-0.3, -0.25) is 9.78 Å². The molecule has 148 valence electrons. The monoisotopic (exact) mass is 422 g/mol. The van der Waals surface area contributed by atoms with Crippen LogP contribution in [0.4, 0.5) is 0 Å². The van der Waals surface area contributed by atoms with Gasteiger partial charge in [0.25, 0.3) is 5.56 Å². The summed E-state index contributed by atoms with van der Waals surface area (Å²) < 4.78 is 0. The second-order valence-electron chi connectivity index (χ2n) is 7.27. The van der Waals surface area contributed by atoms with Crippen molar-refractivity contribution in [1.82, 2.24) is 15.0 Å². The van der Waals surface area contributed by atoms with E-state index in [4.69, 9.17) is 16.6 Å². The number of nitrogens with one attached hydrogen (secondary N) is 1. The van der Waals surface area contributed by atoms with Crippen LogP contribution >= 0.6 is 11.6 Å². The quantitative estimate of drug-likeness (QED) is 0.399. The van der Waals surface area contributed by atoms with Crippen LogP contribution in [-0.4, -0.2) is 15.0 Å². The van der Waals surface area contributed by atoms with Gasteiger partial charge in [0.05, 0.1) is 21.8 Å². The minimum atomic E-state index is -0.226. The van der Waals surface area contributed by atoms with Gasteiger partial charge < -0.3 is 4.98 Å². The number of hydrogen-bond donors (Lipinski definition) is 1. The molecule has 0 aliphatic rings. The number of H-pyrrole nitrogens is 1. The number of fused-ring (bicyclic) bond motifs is 2. The van der Waals surface area contributed by atoms with Crippen LogP contribution in [0.25, 0.3) is 44.3 Å². The Bertz CT molecular complexity index is 1580. The number of pyridine rings is 3. The number of halogens is 1. The van der Waals surface area contributed by atoms with E-state index in [9.17, 15) is 10.1 Å². The standard InChI is InChI=1S/C25H15ClN4O/c1-14-10-18-19(13-27)21(17-11-16-8-5-9-28-22(16)20(26)12-17)23(15-6-3-2-4-7-15)29-24(18)30-25(14)31/h2-12H,1H3,(H,29,30,31). The van der Waals surface area contributed by atoms with Crippen LogP contribution in [0.5, 0.6) is 0 Å². The Kier molecular flexibility index (Phi) is 4.50. The van der Waals surface area contributed by atoms with E-state index in [1.807, 2.05) is 54.6 Å². The zero-order valence-corrected chi connectivity index (χ0v) is 17.2. The van der Waals surface area contributed by atoms with Crippen molar-refractivity contribution in [2.45, 2.75) is 6.92 Å². The van der Waals surface area contributed by atoms with Gasteiger partial charge in [-0.15, -0.1) is 0 Å². The molecule has 0 radical (unpaired) electrons. The summed E-state index contributed by atoms with van der Waals surface area (Å²) in [6, 6.07) is 21.2. The molecule has 5 rings (SSSR count). The van der Waals surface area contributed by atoms with Gasteiger partial charge in [-0.05, 0) is 36.8 Å². The van der Waals surface area contributed by atoms with Crippen molar-refractivity contribution in [2.24, 2.45) is 0 Å². The minimum Gasteiger partial charge on any atom is -0.306 e. The summed E-state index contributed by atoms with van der Waals surface area (Å²) in [7, 11) is 0. The van der Waals surface area contributed by atoms with Gasteiger partial charge in [0, 0.05) is 33.7 Å². The molecule has 0 spiro atoms. The molecule has 5 nitrogen and oxygen atoms in total. The third-order valence-corrected chi connectivity index (χ3v) is 5.58. The predicted molar refractivity (Wildman–Crippen MR) is 123 cm³/mol. The Labute approximate surface area is 182 Å². The fourth-order valence-corrected chi connectivity index (χ4v) is 4.09. The number of rotatable bonds is 2. The van der Waals surface area contributed by atoms with Gasteiger partial charge in [-0.1, -0.05) is 48.0 Å². The molecule has 0 amide bonds. The Morgan fingerprint density at radius 2 is 1.84 bits per heavy atom. The maximum atomic E-state index is 12.2. The van der Waals surface area contributed by atoms with E-state index < -0.39 is 0 Å². The summed E-state index contributed by atoms with van der Waals surface area (Å²) in [4.78, 5) is 24.2. The number of aromatic amines is 1. The van der Waals surface area contributed by atoms with Gasteiger partial charge in [0.15, 0.2) is 0 Å². The molecule has 0 aliphatic heterocycles.